The van der Waals surface area contributed by atoms with Crippen molar-refractivity contribution in [2.24, 2.45) is 0 Å². The first kappa shape index (κ1) is 13.8. The number of aromatic nitrogens is 2. The van der Waals surface area contributed by atoms with Crippen molar-refractivity contribution in [3.05, 3.63) is 17.5 Å². The Morgan fingerprint density at radius 1 is 1.32 bits per heavy atom. The first-order valence-electron chi connectivity index (χ1n) is 8.26. The third-order valence-corrected chi connectivity index (χ3v) is 5.33. The highest BCUT2D eigenvalue weighted by molar-refractivity contribution is 5.72. The summed E-state index contributed by atoms with van der Waals surface area (Å²) < 4.78 is 5.29. The van der Waals surface area contributed by atoms with Crippen LogP contribution in [0.1, 0.15) is 37.4 Å². The highest BCUT2D eigenvalue weighted by Crippen LogP contribution is 2.33. The molecule has 22 heavy (non-hydrogen) atoms. The number of hydrogen-bond acceptors (Lipinski definition) is 5. The van der Waals surface area contributed by atoms with Gasteiger partial charge in [0.2, 0.25) is 5.95 Å². The molecule has 0 spiro atoms. The van der Waals surface area contributed by atoms with Crippen molar-refractivity contribution in [2.45, 2.75) is 44.6 Å². The topological polar surface area (TPSA) is 58.6 Å². The fraction of sp³-hybridized carbons (Fsp3) is 0.688. The Hall–Kier alpha value is -1.85. The zero-order valence-corrected chi connectivity index (χ0v) is 13.0. The van der Waals surface area contributed by atoms with Gasteiger partial charge in [0, 0.05) is 31.5 Å². The number of ether oxygens (including phenoxy) is 1. The number of cyclic esters (lactones) is 1. The van der Waals surface area contributed by atoms with E-state index in [1.54, 1.807) is 0 Å². The minimum absolute atomic E-state index is 0.173. The molecule has 2 fully saturated rings. The number of rotatable bonds is 2. The van der Waals surface area contributed by atoms with Gasteiger partial charge in [-0.25, -0.2) is 14.8 Å². The predicted octanol–water partition coefficient (Wildman–Crippen LogP) is 1.78. The Morgan fingerprint density at radius 3 is 3.05 bits per heavy atom. The molecule has 1 amide bonds. The number of anilines is 1. The van der Waals surface area contributed by atoms with E-state index >= 15 is 0 Å². The van der Waals surface area contributed by atoms with Crippen molar-refractivity contribution in [1.29, 1.82) is 0 Å². The molecule has 0 aromatic carbocycles. The van der Waals surface area contributed by atoms with Gasteiger partial charge in [0.05, 0.1) is 5.54 Å². The lowest BCUT2D eigenvalue weighted by Gasteiger charge is -2.44. The smallest absolute Gasteiger partial charge is 0.410 e. The number of aryl methyl sites for hydroxylation is 2. The minimum atomic E-state index is -0.214. The molecule has 1 atom stereocenters. The zero-order valence-electron chi connectivity index (χ0n) is 13.0. The molecule has 6 nitrogen and oxygen atoms in total. The quantitative estimate of drug-likeness (QED) is 0.833. The summed E-state index contributed by atoms with van der Waals surface area (Å²) in [6, 6.07) is 0. The largest absolute Gasteiger partial charge is 0.447 e. The molecule has 0 bridgehead atoms. The van der Waals surface area contributed by atoms with Gasteiger partial charge in [-0.2, -0.15) is 0 Å². The van der Waals surface area contributed by atoms with Gasteiger partial charge in [0.15, 0.2) is 0 Å². The zero-order chi connectivity index (χ0) is 15.2. The van der Waals surface area contributed by atoms with Crippen LogP contribution < -0.4 is 4.90 Å². The summed E-state index contributed by atoms with van der Waals surface area (Å²) in [5.74, 6) is 0.812. The van der Waals surface area contributed by atoms with Gasteiger partial charge in [-0.3, -0.25) is 4.90 Å². The molecule has 1 aromatic heterocycles. The van der Waals surface area contributed by atoms with Gasteiger partial charge < -0.3 is 9.64 Å². The van der Waals surface area contributed by atoms with Crippen LogP contribution in [-0.4, -0.2) is 52.7 Å². The van der Waals surface area contributed by atoms with Crippen LogP contribution in [0.25, 0.3) is 0 Å². The Balaban J connectivity index is 1.60. The number of nitrogens with zero attached hydrogens (tertiary/aromatic N) is 4. The molecule has 0 radical (unpaired) electrons. The molecular weight excluding hydrogens is 280 g/mol. The maximum Gasteiger partial charge on any atom is 0.410 e. The summed E-state index contributed by atoms with van der Waals surface area (Å²) in [5, 5.41) is 0. The molecule has 2 saturated heterocycles. The average molecular weight is 302 g/mol. The van der Waals surface area contributed by atoms with Crippen LogP contribution in [-0.2, 0) is 17.6 Å². The molecule has 1 aromatic rings. The van der Waals surface area contributed by atoms with Crippen LogP contribution in [0.15, 0.2) is 6.20 Å². The third kappa shape index (κ3) is 2.04. The lowest BCUT2D eigenvalue weighted by Crippen LogP contribution is -2.61. The van der Waals surface area contributed by atoms with E-state index in [0.29, 0.717) is 13.2 Å². The number of carbonyl (C=O) groups excluding carboxylic acids is 1. The third-order valence-electron chi connectivity index (χ3n) is 5.33. The van der Waals surface area contributed by atoms with E-state index in [-0.39, 0.29) is 11.6 Å². The number of carbonyl (C=O) groups is 1. The summed E-state index contributed by atoms with van der Waals surface area (Å²) in [5.41, 5.74) is 2.30. The van der Waals surface area contributed by atoms with Crippen LogP contribution in [0.2, 0.25) is 0 Å². The molecule has 2 aliphatic heterocycles. The monoisotopic (exact) mass is 302 g/mol. The standard InChI is InChI=1S/C16H22N4O2/c1-2-16-10-19(7-8-20(16)15(21)22-11-16)14-17-9-12-5-3-4-6-13(12)18-14/h9H,2-8,10-11H2,1H3. The molecule has 1 unspecified atom stereocenters. The Labute approximate surface area is 130 Å². The van der Waals surface area contributed by atoms with Crippen LogP contribution in [0.3, 0.4) is 0 Å². The summed E-state index contributed by atoms with van der Waals surface area (Å²) >= 11 is 0. The van der Waals surface area contributed by atoms with Crippen molar-refractivity contribution in [3.63, 3.8) is 0 Å². The van der Waals surface area contributed by atoms with E-state index in [0.717, 1.165) is 38.3 Å². The maximum atomic E-state index is 11.9. The summed E-state index contributed by atoms with van der Waals surface area (Å²) in [4.78, 5) is 25.4. The number of amides is 1. The van der Waals surface area contributed by atoms with Gasteiger partial charge in [0.1, 0.15) is 6.61 Å². The molecule has 3 heterocycles. The second-order valence-electron chi connectivity index (χ2n) is 6.55. The van der Waals surface area contributed by atoms with Crippen molar-refractivity contribution in [3.8, 4) is 0 Å². The predicted molar refractivity (Wildman–Crippen MR) is 82.0 cm³/mol. The van der Waals surface area contributed by atoms with Crippen LogP contribution in [0.4, 0.5) is 10.7 Å². The van der Waals surface area contributed by atoms with Crippen molar-refractivity contribution < 1.29 is 9.53 Å². The highest BCUT2D eigenvalue weighted by atomic mass is 16.6. The van der Waals surface area contributed by atoms with Crippen LogP contribution in [0, 0.1) is 0 Å². The molecule has 4 rings (SSSR count). The van der Waals surface area contributed by atoms with E-state index in [2.05, 4.69) is 16.8 Å². The normalized spacial score (nSPS) is 27.4. The van der Waals surface area contributed by atoms with E-state index < -0.39 is 0 Å². The first-order chi connectivity index (χ1) is 10.7. The first-order valence-corrected chi connectivity index (χ1v) is 8.26. The van der Waals surface area contributed by atoms with E-state index in [4.69, 9.17) is 9.72 Å². The van der Waals surface area contributed by atoms with Gasteiger partial charge in [0.25, 0.3) is 0 Å². The van der Waals surface area contributed by atoms with E-state index in [1.807, 2.05) is 11.1 Å². The number of hydrogen-bond donors (Lipinski definition) is 0. The Kier molecular flexibility index (Phi) is 3.20. The summed E-state index contributed by atoms with van der Waals surface area (Å²) in [6.07, 6.45) is 7.34. The van der Waals surface area contributed by atoms with Crippen molar-refractivity contribution in [2.75, 3.05) is 31.1 Å². The van der Waals surface area contributed by atoms with Crippen molar-refractivity contribution in [1.82, 2.24) is 14.9 Å². The SMILES string of the molecule is CCC12COC(=O)N1CCN(c1ncc3c(n1)CCCC3)C2. The molecule has 3 aliphatic rings. The van der Waals surface area contributed by atoms with Gasteiger partial charge in [-0.1, -0.05) is 6.92 Å². The van der Waals surface area contributed by atoms with Crippen molar-refractivity contribution >= 4 is 12.0 Å². The summed E-state index contributed by atoms with van der Waals surface area (Å²) in [7, 11) is 0. The maximum absolute atomic E-state index is 11.9. The van der Waals surface area contributed by atoms with Gasteiger partial charge in [-0.05, 0) is 37.7 Å². The average Bonchev–Trinajstić information content (AvgIpc) is 2.91. The number of piperazine rings is 1. The van der Waals surface area contributed by atoms with Gasteiger partial charge in [-0.15, -0.1) is 0 Å². The van der Waals surface area contributed by atoms with E-state index in [9.17, 15) is 4.79 Å². The Morgan fingerprint density at radius 2 is 2.18 bits per heavy atom. The van der Waals surface area contributed by atoms with E-state index in [1.165, 1.54) is 24.1 Å². The molecule has 118 valence electrons. The number of fused-ring (bicyclic) bond motifs is 2. The van der Waals surface area contributed by atoms with Crippen LogP contribution in [0.5, 0.6) is 0 Å². The second-order valence-corrected chi connectivity index (χ2v) is 6.55. The fourth-order valence-corrected chi connectivity index (χ4v) is 3.85. The lowest BCUT2D eigenvalue weighted by atomic mass is 9.93. The minimum Gasteiger partial charge on any atom is -0.447 e. The summed E-state index contributed by atoms with van der Waals surface area (Å²) in [6.45, 7) is 4.81. The van der Waals surface area contributed by atoms with Crippen LogP contribution >= 0.6 is 0 Å². The van der Waals surface area contributed by atoms with Gasteiger partial charge >= 0.3 is 6.09 Å². The fourth-order valence-electron chi connectivity index (χ4n) is 3.85. The molecule has 0 N–H and O–H groups in total. The highest BCUT2D eigenvalue weighted by Gasteiger charge is 2.50. The molecular formula is C16H22N4O2. The second kappa shape index (κ2) is 5.11. The lowest BCUT2D eigenvalue weighted by molar-refractivity contribution is 0.137. The molecule has 0 saturated carbocycles. The Bertz CT molecular complexity index is 606. The molecule has 1 aliphatic carbocycles. The molecule has 6 heteroatoms.